The van der Waals surface area contributed by atoms with Gasteiger partial charge in [-0.25, -0.2) is 0 Å². The summed E-state index contributed by atoms with van der Waals surface area (Å²) < 4.78 is 6.23. The van der Waals surface area contributed by atoms with E-state index in [1.54, 1.807) is 7.11 Å². The molecule has 0 heterocycles. The molecule has 0 saturated heterocycles. The molecule has 84 valence electrons. The molecule has 0 spiro atoms. The minimum Gasteiger partial charge on any atom is -0.385 e. The molecule has 2 nitrogen and oxygen atoms in total. The first-order valence-corrected chi connectivity index (χ1v) is 5.96. The molecular weight excluding hydrogens is 254 g/mol. The lowest BCUT2D eigenvalue weighted by Crippen LogP contribution is -2.28. The summed E-state index contributed by atoms with van der Waals surface area (Å²) in [5.41, 5.74) is 1.35. The molecule has 1 N–H and O–H groups in total. The molecule has 1 aromatic rings. The lowest BCUT2D eigenvalue weighted by Gasteiger charge is -2.15. The zero-order valence-electron chi connectivity index (χ0n) is 9.29. The maximum absolute atomic E-state index is 5.09. The van der Waals surface area contributed by atoms with Gasteiger partial charge in [0.1, 0.15) is 0 Å². The Hall–Kier alpha value is -0.380. The molecule has 1 rings (SSSR count). The summed E-state index contributed by atoms with van der Waals surface area (Å²) in [5.74, 6) is 0. The van der Waals surface area contributed by atoms with Crippen molar-refractivity contribution in [3.63, 3.8) is 0 Å². The summed E-state index contributed by atoms with van der Waals surface area (Å²) in [4.78, 5) is 0. The fourth-order valence-electron chi connectivity index (χ4n) is 1.56. The van der Waals surface area contributed by atoms with Crippen LogP contribution >= 0.6 is 15.9 Å². The average molecular weight is 272 g/mol. The summed E-state index contributed by atoms with van der Waals surface area (Å²) in [5, 5.41) is 3.31. The molecule has 0 aliphatic carbocycles. The maximum Gasteiger partial charge on any atom is 0.0477 e. The normalized spacial score (nSPS) is 12.7. The number of halogens is 1. The van der Waals surface area contributed by atoms with Crippen molar-refractivity contribution in [1.29, 1.82) is 0 Å². The highest BCUT2D eigenvalue weighted by molar-refractivity contribution is 9.10. The summed E-state index contributed by atoms with van der Waals surface area (Å²) in [6, 6.07) is 8.92. The lowest BCUT2D eigenvalue weighted by molar-refractivity contribution is 0.184. The molecule has 1 unspecified atom stereocenters. The molecule has 0 aromatic heterocycles. The molecule has 0 fully saturated rings. The predicted octanol–water partition coefficient (Wildman–Crippen LogP) is 2.62. The van der Waals surface area contributed by atoms with E-state index in [1.165, 1.54) is 5.56 Å². The molecule has 15 heavy (non-hydrogen) atoms. The first-order valence-electron chi connectivity index (χ1n) is 5.17. The van der Waals surface area contributed by atoms with E-state index in [1.807, 2.05) is 13.1 Å². The Kier molecular flexibility index (Phi) is 5.91. The van der Waals surface area contributed by atoms with E-state index in [2.05, 4.69) is 39.4 Å². The van der Waals surface area contributed by atoms with E-state index in [4.69, 9.17) is 4.74 Å². The molecule has 0 saturated carbocycles. The molecule has 3 heteroatoms. The van der Waals surface area contributed by atoms with Gasteiger partial charge in [-0.3, -0.25) is 0 Å². The summed E-state index contributed by atoms with van der Waals surface area (Å²) in [6.07, 6.45) is 2.08. The van der Waals surface area contributed by atoms with E-state index in [-0.39, 0.29) is 0 Å². The molecule has 0 radical (unpaired) electrons. The third kappa shape index (κ3) is 4.78. The summed E-state index contributed by atoms with van der Waals surface area (Å²) in [7, 11) is 3.74. The van der Waals surface area contributed by atoms with Crippen LogP contribution in [0.3, 0.4) is 0 Å². The number of likely N-dealkylation sites (N-methyl/N-ethyl adjacent to an activating group) is 1. The van der Waals surface area contributed by atoms with Crippen LogP contribution in [-0.4, -0.2) is 26.8 Å². The standard InChI is InChI=1S/C12H18BrNO/c1-14-12(6-7-15-2)9-10-4-3-5-11(13)8-10/h3-5,8,12,14H,6-7,9H2,1-2H3. The van der Waals surface area contributed by atoms with Gasteiger partial charge in [-0.15, -0.1) is 0 Å². The van der Waals surface area contributed by atoms with Crippen LogP contribution < -0.4 is 5.32 Å². The van der Waals surface area contributed by atoms with Gasteiger partial charge in [0, 0.05) is 24.2 Å². The summed E-state index contributed by atoms with van der Waals surface area (Å²) in [6.45, 7) is 0.805. The fraction of sp³-hybridized carbons (Fsp3) is 0.500. The SMILES string of the molecule is CNC(CCOC)Cc1cccc(Br)c1. The Morgan fingerprint density at radius 1 is 1.47 bits per heavy atom. The first kappa shape index (κ1) is 12.7. The van der Waals surface area contributed by atoms with Crippen molar-refractivity contribution >= 4 is 15.9 Å². The van der Waals surface area contributed by atoms with Gasteiger partial charge < -0.3 is 10.1 Å². The second-order valence-corrected chi connectivity index (χ2v) is 4.52. The average Bonchev–Trinajstić information content (AvgIpc) is 2.24. The number of methoxy groups -OCH3 is 1. The van der Waals surface area contributed by atoms with Crippen molar-refractivity contribution in [1.82, 2.24) is 5.32 Å². The van der Waals surface area contributed by atoms with Crippen LogP contribution in [0.4, 0.5) is 0 Å². The van der Waals surface area contributed by atoms with Gasteiger partial charge in [0.25, 0.3) is 0 Å². The molecule has 1 aromatic carbocycles. The van der Waals surface area contributed by atoms with Crippen molar-refractivity contribution in [2.24, 2.45) is 0 Å². The van der Waals surface area contributed by atoms with Gasteiger partial charge in [0.2, 0.25) is 0 Å². The van der Waals surface area contributed by atoms with E-state index < -0.39 is 0 Å². The van der Waals surface area contributed by atoms with E-state index >= 15 is 0 Å². The minimum atomic E-state index is 0.485. The predicted molar refractivity (Wildman–Crippen MR) is 67.2 cm³/mol. The zero-order chi connectivity index (χ0) is 11.1. The number of nitrogens with one attached hydrogen (secondary N) is 1. The van der Waals surface area contributed by atoms with E-state index in [9.17, 15) is 0 Å². The quantitative estimate of drug-likeness (QED) is 0.859. The zero-order valence-corrected chi connectivity index (χ0v) is 10.9. The topological polar surface area (TPSA) is 21.3 Å². The number of ether oxygens (including phenoxy) is 1. The van der Waals surface area contributed by atoms with Crippen molar-refractivity contribution in [2.45, 2.75) is 18.9 Å². The highest BCUT2D eigenvalue weighted by Gasteiger charge is 2.06. The van der Waals surface area contributed by atoms with Gasteiger partial charge in [-0.2, -0.15) is 0 Å². The van der Waals surface area contributed by atoms with Crippen LogP contribution in [0.5, 0.6) is 0 Å². The second-order valence-electron chi connectivity index (χ2n) is 3.60. The molecule has 0 amide bonds. The number of hydrogen-bond acceptors (Lipinski definition) is 2. The Morgan fingerprint density at radius 3 is 2.87 bits per heavy atom. The Labute approximate surface area is 100 Å². The van der Waals surface area contributed by atoms with Crippen molar-refractivity contribution < 1.29 is 4.74 Å². The monoisotopic (exact) mass is 271 g/mol. The van der Waals surface area contributed by atoms with Crippen LogP contribution in [0.2, 0.25) is 0 Å². The van der Waals surface area contributed by atoms with Gasteiger partial charge in [0.05, 0.1) is 0 Å². The number of benzene rings is 1. The van der Waals surface area contributed by atoms with E-state index in [0.29, 0.717) is 6.04 Å². The van der Waals surface area contributed by atoms with Gasteiger partial charge in [0.15, 0.2) is 0 Å². The highest BCUT2D eigenvalue weighted by Crippen LogP contribution is 2.13. The number of rotatable bonds is 6. The van der Waals surface area contributed by atoms with Crippen LogP contribution in [0.1, 0.15) is 12.0 Å². The molecule has 0 aliphatic heterocycles. The van der Waals surface area contributed by atoms with Crippen molar-refractivity contribution in [2.75, 3.05) is 20.8 Å². The van der Waals surface area contributed by atoms with Gasteiger partial charge in [-0.05, 0) is 37.6 Å². The molecule has 1 atom stereocenters. The first-order chi connectivity index (χ1) is 7.26. The maximum atomic E-state index is 5.09. The lowest BCUT2D eigenvalue weighted by atomic mass is 10.0. The Bertz CT molecular complexity index is 291. The van der Waals surface area contributed by atoms with Crippen LogP contribution in [-0.2, 0) is 11.2 Å². The second kappa shape index (κ2) is 6.99. The van der Waals surface area contributed by atoms with Crippen LogP contribution in [0, 0.1) is 0 Å². The Morgan fingerprint density at radius 2 is 2.27 bits per heavy atom. The minimum absolute atomic E-state index is 0.485. The third-order valence-corrected chi connectivity index (χ3v) is 2.94. The Balaban J connectivity index is 2.50. The summed E-state index contributed by atoms with van der Waals surface area (Å²) >= 11 is 3.48. The van der Waals surface area contributed by atoms with Gasteiger partial charge >= 0.3 is 0 Å². The van der Waals surface area contributed by atoms with Crippen molar-refractivity contribution in [3.05, 3.63) is 34.3 Å². The smallest absolute Gasteiger partial charge is 0.0477 e. The molecular formula is C12H18BrNO. The highest BCUT2D eigenvalue weighted by atomic mass is 79.9. The van der Waals surface area contributed by atoms with Crippen LogP contribution in [0.25, 0.3) is 0 Å². The van der Waals surface area contributed by atoms with Gasteiger partial charge in [-0.1, -0.05) is 28.1 Å². The van der Waals surface area contributed by atoms with Crippen molar-refractivity contribution in [3.8, 4) is 0 Å². The molecule has 0 bridgehead atoms. The number of hydrogen-bond donors (Lipinski definition) is 1. The largest absolute Gasteiger partial charge is 0.385 e. The third-order valence-electron chi connectivity index (χ3n) is 2.45. The molecule has 0 aliphatic rings. The van der Waals surface area contributed by atoms with E-state index in [0.717, 1.165) is 23.9 Å². The van der Waals surface area contributed by atoms with Crippen LogP contribution in [0.15, 0.2) is 28.7 Å². The fourth-order valence-corrected chi connectivity index (χ4v) is 2.00.